The van der Waals surface area contributed by atoms with Gasteiger partial charge in [-0.15, -0.1) is 0 Å². The maximum atomic E-state index is 12.8. The fourth-order valence-corrected chi connectivity index (χ4v) is 3.18. The summed E-state index contributed by atoms with van der Waals surface area (Å²) >= 11 is 0. The van der Waals surface area contributed by atoms with Crippen LogP contribution in [0.25, 0.3) is 0 Å². The number of carbonyl (C=O) groups excluding carboxylic acids is 1. The topological polar surface area (TPSA) is 63.7 Å². The number of nitrogens with one attached hydrogen (secondary N) is 1. The van der Waals surface area contributed by atoms with Gasteiger partial charge in [0.25, 0.3) is 0 Å². The molecule has 1 saturated heterocycles. The average molecular weight is 369 g/mol. The van der Waals surface area contributed by atoms with Crippen LogP contribution in [0.1, 0.15) is 29.7 Å². The van der Waals surface area contributed by atoms with Crippen molar-refractivity contribution in [3.63, 3.8) is 0 Å². The van der Waals surface area contributed by atoms with Gasteiger partial charge in [-0.2, -0.15) is 0 Å². The number of benzene rings is 1. The quantitative estimate of drug-likeness (QED) is 0.813. The summed E-state index contributed by atoms with van der Waals surface area (Å²) in [5, 5.41) is 3.00. The lowest BCUT2D eigenvalue weighted by Crippen LogP contribution is -2.43. The second-order valence-corrected chi connectivity index (χ2v) is 6.79. The van der Waals surface area contributed by atoms with Gasteiger partial charge in [-0.3, -0.25) is 4.98 Å². The van der Waals surface area contributed by atoms with Crippen molar-refractivity contribution in [3.05, 3.63) is 59.4 Å². The maximum Gasteiger partial charge on any atom is 0.318 e. The van der Waals surface area contributed by atoms with Crippen molar-refractivity contribution >= 4 is 6.03 Å². The van der Waals surface area contributed by atoms with Gasteiger partial charge in [0.15, 0.2) is 0 Å². The standard InChI is InChI=1S/C21H27N3O3/c1-16-5-3-11-22-20(16)13-23-21(25)24(15-19-6-4-12-27-19)14-17-7-9-18(26-2)10-8-17/h3,5,7-11,19H,4,6,12-15H2,1-2H3,(H,23,25). The van der Waals surface area contributed by atoms with E-state index >= 15 is 0 Å². The van der Waals surface area contributed by atoms with E-state index < -0.39 is 0 Å². The Morgan fingerprint density at radius 1 is 1.33 bits per heavy atom. The minimum atomic E-state index is -0.105. The van der Waals surface area contributed by atoms with Crippen LogP contribution in [0.15, 0.2) is 42.6 Å². The molecule has 0 saturated carbocycles. The molecule has 1 unspecified atom stereocenters. The predicted octanol–water partition coefficient (Wildman–Crippen LogP) is 3.29. The molecular weight excluding hydrogens is 342 g/mol. The van der Waals surface area contributed by atoms with Gasteiger partial charge in [0.2, 0.25) is 0 Å². The third-order valence-electron chi connectivity index (χ3n) is 4.79. The molecule has 1 atom stereocenters. The summed E-state index contributed by atoms with van der Waals surface area (Å²) in [6, 6.07) is 11.6. The van der Waals surface area contributed by atoms with E-state index in [1.807, 2.05) is 48.2 Å². The lowest BCUT2D eigenvalue weighted by molar-refractivity contribution is 0.0794. The van der Waals surface area contributed by atoms with Crippen molar-refractivity contribution < 1.29 is 14.3 Å². The molecule has 1 aromatic heterocycles. The zero-order valence-corrected chi connectivity index (χ0v) is 16.0. The number of aryl methyl sites for hydroxylation is 1. The van der Waals surface area contributed by atoms with E-state index in [9.17, 15) is 4.79 Å². The van der Waals surface area contributed by atoms with Crippen molar-refractivity contribution in [3.8, 4) is 5.75 Å². The van der Waals surface area contributed by atoms with Gasteiger partial charge in [0, 0.05) is 25.9 Å². The van der Waals surface area contributed by atoms with E-state index in [1.165, 1.54) is 0 Å². The lowest BCUT2D eigenvalue weighted by Gasteiger charge is -2.26. The van der Waals surface area contributed by atoms with E-state index in [-0.39, 0.29) is 12.1 Å². The molecule has 6 nitrogen and oxygen atoms in total. The van der Waals surface area contributed by atoms with Crippen molar-refractivity contribution in [2.45, 2.75) is 39.0 Å². The van der Waals surface area contributed by atoms with Crippen LogP contribution in [0, 0.1) is 6.92 Å². The minimum Gasteiger partial charge on any atom is -0.497 e. The maximum absolute atomic E-state index is 12.8. The Bertz CT molecular complexity index is 743. The number of amides is 2. The van der Waals surface area contributed by atoms with E-state index in [4.69, 9.17) is 9.47 Å². The van der Waals surface area contributed by atoms with Crippen molar-refractivity contribution in [2.24, 2.45) is 0 Å². The molecule has 1 N–H and O–H groups in total. The number of pyridine rings is 1. The summed E-state index contributed by atoms with van der Waals surface area (Å²) < 4.78 is 10.9. The van der Waals surface area contributed by atoms with Gasteiger partial charge in [0.05, 0.1) is 25.5 Å². The number of aromatic nitrogens is 1. The number of methoxy groups -OCH3 is 1. The van der Waals surface area contributed by atoms with Crippen LogP contribution in [0.3, 0.4) is 0 Å². The highest BCUT2D eigenvalue weighted by Crippen LogP contribution is 2.17. The van der Waals surface area contributed by atoms with Crippen molar-refractivity contribution in [1.82, 2.24) is 15.2 Å². The SMILES string of the molecule is COc1ccc(CN(CC2CCCO2)C(=O)NCc2ncccc2C)cc1. The highest BCUT2D eigenvalue weighted by molar-refractivity contribution is 5.74. The molecule has 144 valence electrons. The zero-order valence-electron chi connectivity index (χ0n) is 16.0. The summed E-state index contributed by atoms with van der Waals surface area (Å²) in [6.45, 7) is 4.29. The molecule has 0 spiro atoms. The second-order valence-electron chi connectivity index (χ2n) is 6.79. The number of nitrogens with zero attached hydrogens (tertiary/aromatic N) is 2. The molecule has 2 heterocycles. The first-order chi connectivity index (χ1) is 13.2. The Hall–Kier alpha value is -2.60. The molecule has 1 aromatic carbocycles. The first-order valence-corrected chi connectivity index (χ1v) is 9.33. The molecule has 2 amide bonds. The van der Waals surface area contributed by atoms with E-state index in [0.717, 1.165) is 42.0 Å². The van der Waals surface area contributed by atoms with Crippen LogP contribution >= 0.6 is 0 Å². The smallest absolute Gasteiger partial charge is 0.318 e. The summed E-state index contributed by atoms with van der Waals surface area (Å²) in [5.41, 5.74) is 3.00. The molecule has 1 fully saturated rings. The van der Waals surface area contributed by atoms with E-state index in [0.29, 0.717) is 19.6 Å². The number of urea groups is 1. The van der Waals surface area contributed by atoms with Crippen LogP contribution in [-0.2, 0) is 17.8 Å². The van der Waals surface area contributed by atoms with Gasteiger partial charge in [-0.1, -0.05) is 18.2 Å². The van der Waals surface area contributed by atoms with Crippen molar-refractivity contribution in [2.75, 3.05) is 20.3 Å². The number of hydrogen-bond donors (Lipinski definition) is 1. The Labute approximate surface area is 160 Å². The van der Waals surface area contributed by atoms with Crippen molar-refractivity contribution in [1.29, 1.82) is 0 Å². The molecule has 0 aliphatic carbocycles. The molecule has 2 aromatic rings. The highest BCUT2D eigenvalue weighted by atomic mass is 16.5. The van der Waals surface area contributed by atoms with Gasteiger partial charge < -0.3 is 19.7 Å². The molecule has 0 radical (unpaired) electrons. The number of rotatable bonds is 7. The minimum absolute atomic E-state index is 0.102. The number of hydrogen-bond acceptors (Lipinski definition) is 4. The second kappa shape index (κ2) is 9.37. The first-order valence-electron chi connectivity index (χ1n) is 9.33. The lowest BCUT2D eigenvalue weighted by atomic mass is 10.2. The van der Waals surface area contributed by atoms with Crippen LogP contribution in [0.5, 0.6) is 5.75 Å². The normalized spacial score (nSPS) is 16.1. The predicted molar refractivity (Wildman–Crippen MR) is 104 cm³/mol. The van der Waals surface area contributed by atoms with Crippen LogP contribution < -0.4 is 10.1 Å². The van der Waals surface area contributed by atoms with E-state index in [2.05, 4.69) is 10.3 Å². The summed E-state index contributed by atoms with van der Waals surface area (Å²) in [6.07, 6.45) is 3.89. The van der Waals surface area contributed by atoms with Gasteiger partial charge in [-0.25, -0.2) is 4.79 Å². The summed E-state index contributed by atoms with van der Waals surface area (Å²) in [5.74, 6) is 0.805. The van der Waals surface area contributed by atoms with Gasteiger partial charge in [0.1, 0.15) is 5.75 Å². The number of ether oxygens (including phenoxy) is 2. The fourth-order valence-electron chi connectivity index (χ4n) is 3.18. The molecule has 3 rings (SSSR count). The first kappa shape index (κ1) is 19.2. The molecule has 0 bridgehead atoms. The monoisotopic (exact) mass is 369 g/mol. The number of carbonyl (C=O) groups is 1. The molecule has 1 aliphatic rings. The zero-order chi connectivity index (χ0) is 19.1. The van der Waals surface area contributed by atoms with Gasteiger partial charge >= 0.3 is 6.03 Å². The van der Waals surface area contributed by atoms with Crippen LogP contribution in [0.2, 0.25) is 0 Å². The third-order valence-corrected chi connectivity index (χ3v) is 4.79. The Balaban J connectivity index is 1.65. The summed E-state index contributed by atoms with van der Waals surface area (Å²) in [7, 11) is 1.64. The molecule has 27 heavy (non-hydrogen) atoms. The van der Waals surface area contributed by atoms with E-state index in [1.54, 1.807) is 13.3 Å². The Morgan fingerprint density at radius 3 is 2.81 bits per heavy atom. The largest absolute Gasteiger partial charge is 0.497 e. The fraction of sp³-hybridized carbons (Fsp3) is 0.429. The average Bonchev–Trinajstić information content (AvgIpc) is 3.20. The van der Waals surface area contributed by atoms with Crippen LogP contribution in [-0.4, -0.2) is 42.3 Å². The Morgan fingerprint density at radius 2 is 2.15 bits per heavy atom. The molecular formula is C21H27N3O3. The van der Waals surface area contributed by atoms with Gasteiger partial charge in [-0.05, 0) is 49.1 Å². The molecule has 6 heteroatoms. The highest BCUT2D eigenvalue weighted by Gasteiger charge is 2.23. The Kier molecular flexibility index (Phi) is 6.65. The summed E-state index contributed by atoms with van der Waals surface area (Å²) in [4.78, 5) is 19.0. The molecule has 1 aliphatic heterocycles. The van der Waals surface area contributed by atoms with Crippen LogP contribution in [0.4, 0.5) is 4.79 Å². The third kappa shape index (κ3) is 5.44.